The van der Waals surface area contributed by atoms with Crippen molar-refractivity contribution in [3.05, 3.63) is 0 Å². The molecule has 1 N–H and O–H groups in total. The summed E-state index contributed by atoms with van der Waals surface area (Å²) in [6, 6.07) is 0.522. The Balaban J connectivity index is 2.40. The second-order valence-corrected chi connectivity index (χ2v) is 8.53. The van der Waals surface area contributed by atoms with Crippen molar-refractivity contribution in [1.82, 2.24) is 10.2 Å². The van der Waals surface area contributed by atoms with E-state index in [0.29, 0.717) is 24.5 Å². The normalized spacial score (nSPS) is 21.9. The molecule has 4 nitrogen and oxygen atoms in total. The summed E-state index contributed by atoms with van der Waals surface area (Å²) in [7, 11) is 0. The summed E-state index contributed by atoms with van der Waals surface area (Å²) in [5, 5.41) is 3.62. The molecule has 1 aliphatic heterocycles. The molecule has 1 unspecified atom stereocenters. The van der Waals surface area contributed by atoms with Gasteiger partial charge >= 0.3 is 6.09 Å². The van der Waals surface area contributed by atoms with Crippen LogP contribution < -0.4 is 5.32 Å². The Labute approximate surface area is 134 Å². The van der Waals surface area contributed by atoms with Crippen LogP contribution >= 0.6 is 11.8 Å². The Morgan fingerprint density at radius 3 is 2.62 bits per heavy atom. The molecule has 1 rings (SSSR count). The van der Waals surface area contributed by atoms with Crippen molar-refractivity contribution in [1.29, 1.82) is 0 Å². The fourth-order valence-corrected chi connectivity index (χ4v) is 3.99. The maximum atomic E-state index is 12.1. The highest BCUT2D eigenvalue weighted by Gasteiger charge is 2.32. The summed E-state index contributed by atoms with van der Waals surface area (Å²) in [4.78, 5) is 13.8. The largest absolute Gasteiger partial charge is 0.444 e. The summed E-state index contributed by atoms with van der Waals surface area (Å²) < 4.78 is 5.43. The molecule has 1 aliphatic rings. The predicted octanol–water partition coefficient (Wildman–Crippen LogP) is 3.36. The van der Waals surface area contributed by atoms with E-state index in [-0.39, 0.29) is 6.09 Å². The maximum Gasteiger partial charge on any atom is 0.410 e. The van der Waals surface area contributed by atoms with E-state index in [9.17, 15) is 4.79 Å². The third kappa shape index (κ3) is 6.47. The molecule has 1 amide bonds. The highest BCUT2D eigenvalue weighted by molar-refractivity contribution is 7.99. The Morgan fingerprint density at radius 1 is 1.43 bits per heavy atom. The Hall–Kier alpha value is -0.420. The summed E-state index contributed by atoms with van der Waals surface area (Å²) in [6.45, 7) is 14.6. The van der Waals surface area contributed by atoms with Crippen molar-refractivity contribution in [3.63, 3.8) is 0 Å². The van der Waals surface area contributed by atoms with Crippen molar-refractivity contribution < 1.29 is 9.53 Å². The first kappa shape index (κ1) is 18.6. The summed E-state index contributed by atoms with van der Waals surface area (Å²) >= 11 is 2.02. The van der Waals surface area contributed by atoms with Crippen molar-refractivity contribution in [2.45, 2.75) is 59.6 Å². The first-order chi connectivity index (χ1) is 9.65. The molecule has 0 radical (unpaired) electrons. The van der Waals surface area contributed by atoms with Gasteiger partial charge in [0.25, 0.3) is 0 Å². The molecule has 1 heterocycles. The number of hydrogen-bond acceptors (Lipinski definition) is 4. The standard InChI is InChI=1S/C16H32N2O2S/c1-7-18(14(19)20-15(2,3)4)10-9-17-13-12-21-11-8-16(13,5)6/h13,17H,7-12H2,1-6H3. The maximum absolute atomic E-state index is 12.1. The van der Waals surface area contributed by atoms with Crippen molar-refractivity contribution in [3.8, 4) is 0 Å². The molecule has 5 heteroatoms. The number of nitrogens with one attached hydrogen (secondary N) is 1. The van der Waals surface area contributed by atoms with Gasteiger partial charge in [-0.1, -0.05) is 13.8 Å². The zero-order valence-corrected chi connectivity index (χ0v) is 15.3. The smallest absolute Gasteiger partial charge is 0.410 e. The Morgan fingerprint density at radius 2 is 2.10 bits per heavy atom. The van der Waals surface area contributed by atoms with Gasteiger partial charge in [0, 0.05) is 31.4 Å². The van der Waals surface area contributed by atoms with Gasteiger partial charge in [0.05, 0.1) is 0 Å². The summed E-state index contributed by atoms with van der Waals surface area (Å²) in [5.41, 5.74) is -0.0891. The molecule has 0 spiro atoms. The molecule has 0 saturated carbocycles. The minimum Gasteiger partial charge on any atom is -0.444 e. The lowest BCUT2D eigenvalue weighted by molar-refractivity contribution is 0.0259. The molecule has 0 aromatic heterocycles. The van der Waals surface area contributed by atoms with Crippen LogP contribution in [0.15, 0.2) is 0 Å². The average Bonchev–Trinajstić information content (AvgIpc) is 2.33. The lowest BCUT2D eigenvalue weighted by Gasteiger charge is -2.39. The number of rotatable bonds is 5. The van der Waals surface area contributed by atoms with Gasteiger partial charge in [-0.25, -0.2) is 4.79 Å². The number of likely N-dealkylation sites (N-methyl/N-ethyl adjacent to an activating group) is 1. The molecular formula is C16H32N2O2S. The molecule has 1 fully saturated rings. The minimum absolute atomic E-state index is 0.218. The first-order valence-corrected chi connectivity index (χ1v) is 9.10. The Kier molecular flexibility index (Phi) is 6.85. The van der Waals surface area contributed by atoms with Gasteiger partial charge in [-0.15, -0.1) is 0 Å². The minimum atomic E-state index is -0.431. The quantitative estimate of drug-likeness (QED) is 0.844. The van der Waals surface area contributed by atoms with Crippen LogP contribution in [0.1, 0.15) is 48.0 Å². The number of thioether (sulfide) groups is 1. The molecular weight excluding hydrogens is 284 g/mol. The van der Waals surface area contributed by atoms with Crippen LogP contribution in [0, 0.1) is 5.41 Å². The third-order valence-corrected chi connectivity index (χ3v) is 4.99. The van der Waals surface area contributed by atoms with E-state index in [1.54, 1.807) is 4.90 Å². The molecule has 21 heavy (non-hydrogen) atoms. The van der Waals surface area contributed by atoms with Crippen molar-refractivity contribution >= 4 is 17.9 Å². The van der Waals surface area contributed by atoms with E-state index >= 15 is 0 Å². The fraction of sp³-hybridized carbons (Fsp3) is 0.938. The SMILES string of the molecule is CCN(CCNC1CSCCC1(C)C)C(=O)OC(C)(C)C. The molecule has 0 aliphatic carbocycles. The molecule has 124 valence electrons. The average molecular weight is 317 g/mol. The second kappa shape index (κ2) is 7.73. The van der Waals surface area contributed by atoms with E-state index in [0.717, 1.165) is 12.3 Å². The van der Waals surface area contributed by atoms with Crippen molar-refractivity contribution in [2.24, 2.45) is 5.41 Å². The van der Waals surface area contributed by atoms with Crippen LogP contribution in [-0.2, 0) is 4.74 Å². The van der Waals surface area contributed by atoms with Gasteiger partial charge < -0.3 is 15.0 Å². The Bertz CT molecular complexity index is 340. The fourth-order valence-electron chi connectivity index (χ4n) is 2.35. The van der Waals surface area contributed by atoms with Gasteiger partial charge in [-0.2, -0.15) is 11.8 Å². The van der Waals surface area contributed by atoms with Gasteiger partial charge in [0.1, 0.15) is 5.60 Å². The number of amides is 1. The number of carbonyl (C=O) groups excluding carboxylic acids is 1. The van der Waals surface area contributed by atoms with E-state index in [2.05, 4.69) is 19.2 Å². The highest BCUT2D eigenvalue weighted by atomic mass is 32.2. The molecule has 1 saturated heterocycles. The van der Waals surface area contributed by atoms with Gasteiger partial charge in [-0.05, 0) is 45.3 Å². The summed E-state index contributed by atoms with van der Waals surface area (Å²) in [5.74, 6) is 2.41. The van der Waals surface area contributed by atoms with Crippen LogP contribution in [0.5, 0.6) is 0 Å². The molecule has 0 aromatic rings. The van der Waals surface area contributed by atoms with E-state index in [1.165, 1.54) is 12.2 Å². The molecule has 0 aromatic carbocycles. The monoisotopic (exact) mass is 316 g/mol. The predicted molar refractivity (Wildman–Crippen MR) is 91.0 cm³/mol. The van der Waals surface area contributed by atoms with Gasteiger partial charge in [0.2, 0.25) is 0 Å². The topological polar surface area (TPSA) is 41.6 Å². The number of hydrogen-bond donors (Lipinski definition) is 1. The van der Waals surface area contributed by atoms with E-state index in [4.69, 9.17) is 4.74 Å². The second-order valence-electron chi connectivity index (χ2n) is 7.38. The van der Waals surface area contributed by atoms with Crippen molar-refractivity contribution in [2.75, 3.05) is 31.1 Å². The van der Waals surface area contributed by atoms with Gasteiger partial charge in [-0.3, -0.25) is 0 Å². The van der Waals surface area contributed by atoms with Crippen LogP contribution in [0.2, 0.25) is 0 Å². The zero-order valence-electron chi connectivity index (χ0n) is 14.5. The van der Waals surface area contributed by atoms with E-state index in [1.807, 2.05) is 39.5 Å². The van der Waals surface area contributed by atoms with Crippen LogP contribution in [0.4, 0.5) is 4.79 Å². The first-order valence-electron chi connectivity index (χ1n) is 7.95. The lowest BCUT2D eigenvalue weighted by atomic mass is 9.82. The number of ether oxygens (including phenoxy) is 1. The number of nitrogens with zero attached hydrogens (tertiary/aromatic N) is 1. The third-order valence-electron chi connectivity index (χ3n) is 3.92. The number of carbonyl (C=O) groups is 1. The highest BCUT2D eigenvalue weighted by Crippen LogP contribution is 2.33. The lowest BCUT2D eigenvalue weighted by Crippen LogP contribution is -2.49. The van der Waals surface area contributed by atoms with Gasteiger partial charge in [0.15, 0.2) is 0 Å². The molecule has 1 atom stereocenters. The molecule has 0 bridgehead atoms. The zero-order chi connectivity index (χ0) is 16.1. The van der Waals surface area contributed by atoms with Crippen LogP contribution in [0.3, 0.4) is 0 Å². The summed E-state index contributed by atoms with van der Waals surface area (Å²) in [6.07, 6.45) is 1.03. The van der Waals surface area contributed by atoms with Crippen LogP contribution in [-0.4, -0.2) is 53.8 Å². The van der Waals surface area contributed by atoms with E-state index < -0.39 is 5.60 Å². The van der Waals surface area contributed by atoms with Crippen LogP contribution in [0.25, 0.3) is 0 Å².